The first-order chi connectivity index (χ1) is 9.81. The molecule has 112 valence electrons. The summed E-state index contributed by atoms with van der Waals surface area (Å²) in [5.41, 5.74) is 0. The third-order valence-electron chi connectivity index (χ3n) is 3.69. The van der Waals surface area contributed by atoms with Crippen LogP contribution in [-0.2, 0) is 0 Å². The highest BCUT2D eigenvalue weighted by atomic mass is 32.1. The summed E-state index contributed by atoms with van der Waals surface area (Å²) in [4.78, 5) is 15.2. The molecule has 0 atom stereocenters. The van der Waals surface area contributed by atoms with Crippen molar-refractivity contribution in [1.29, 1.82) is 0 Å². The molecule has 1 aliphatic heterocycles. The quantitative estimate of drug-likeness (QED) is 0.787. The molecule has 0 saturated carbocycles. The normalized spacial score (nSPS) is 16.1. The first-order valence-electron chi connectivity index (χ1n) is 7.43. The summed E-state index contributed by atoms with van der Waals surface area (Å²) in [6.45, 7) is 4.41. The third-order valence-corrected chi connectivity index (χ3v) is 4.59. The number of hydrogen-bond donors (Lipinski definition) is 1. The number of thiophene rings is 1. The topological polar surface area (TPSA) is 41.6 Å². The molecule has 0 spiro atoms. The van der Waals surface area contributed by atoms with Gasteiger partial charge in [-0.05, 0) is 56.8 Å². The fourth-order valence-electron chi connectivity index (χ4n) is 2.55. The minimum Gasteiger partial charge on any atom is -0.495 e. The first kappa shape index (κ1) is 15.3. The van der Waals surface area contributed by atoms with Crippen LogP contribution in [0.4, 0.5) is 0 Å². The molecule has 0 aliphatic carbocycles. The van der Waals surface area contributed by atoms with Crippen molar-refractivity contribution in [3.63, 3.8) is 0 Å². The summed E-state index contributed by atoms with van der Waals surface area (Å²) < 4.78 is 5.16. The molecule has 1 aromatic heterocycles. The van der Waals surface area contributed by atoms with Gasteiger partial charge in [0.2, 0.25) is 0 Å². The number of hydrogen-bond acceptors (Lipinski definition) is 4. The predicted octanol–water partition coefficient (Wildman–Crippen LogP) is 2.75. The highest BCUT2D eigenvalue weighted by Gasteiger charge is 2.13. The highest BCUT2D eigenvalue weighted by Crippen LogP contribution is 2.23. The Bertz CT molecular complexity index is 414. The Morgan fingerprint density at radius 2 is 2.15 bits per heavy atom. The molecule has 0 radical (unpaired) electrons. The maximum atomic E-state index is 12.0. The maximum Gasteiger partial charge on any atom is 0.265 e. The molecule has 1 aliphatic rings. The molecule has 1 N–H and O–H groups in total. The van der Waals surface area contributed by atoms with Crippen molar-refractivity contribution in [2.75, 3.05) is 33.3 Å². The van der Waals surface area contributed by atoms with Gasteiger partial charge in [-0.3, -0.25) is 4.79 Å². The Morgan fingerprint density at radius 3 is 2.90 bits per heavy atom. The fraction of sp³-hybridized carbons (Fsp3) is 0.667. The number of methoxy groups -OCH3 is 1. The lowest BCUT2D eigenvalue weighted by Gasteiger charge is -2.26. The van der Waals surface area contributed by atoms with Gasteiger partial charge in [-0.25, -0.2) is 0 Å². The number of carbonyl (C=O) groups excluding carboxylic acids is 1. The highest BCUT2D eigenvalue weighted by molar-refractivity contribution is 7.12. The molecule has 5 heteroatoms. The molecule has 20 heavy (non-hydrogen) atoms. The number of likely N-dealkylation sites (tertiary alicyclic amines) is 1. The van der Waals surface area contributed by atoms with Gasteiger partial charge in [0.1, 0.15) is 10.6 Å². The minimum atomic E-state index is -0.0187. The Hall–Kier alpha value is -1.07. The standard InChI is InChI=1S/C15H24N2O2S/c1-19-13-7-12-20-14(13)15(18)16-8-3-6-11-17-9-4-2-5-10-17/h7,12H,2-6,8-11H2,1H3,(H,16,18). The molecule has 1 fully saturated rings. The second-order valence-corrected chi connectivity index (χ2v) is 6.10. The predicted molar refractivity (Wildman–Crippen MR) is 82.7 cm³/mol. The lowest BCUT2D eigenvalue weighted by molar-refractivity contribution is 0.0954. The lowest BCUT2D eigenvalue weighted by atomic mass is 10.1. The van der Waals surface area contributed by atoms with Crippen molar-refractivity contribution in [1.82, 2.24) is 10.2 Å². The van der Waals surface area contributed by atoms with Crippen molar-refractivity contribution in [3.05, 3.63) is 16.3 Å². The number of rotatable bonds is 7. The average Bonchev–Trinajstić information content (AvgIpc) is 2.96. The van der Waals surface area contributed by atoms with E-state index in [2.05, 4.69) is 10.2 Å². The van der Waals surface area contributed by atoms with Crippen LogP contribution in [0.15, 0.2) is 11.4 Å². The van der Waals surface area contributed by atoms with Crippen molar-refractivity contribution >= 4 is 17.2 Å². The summed E-state index contributed by atoms with van der Waals surface area (Å²) in [6.07, 6.45) is 6.26. The summed E-state index contributed by atoms with van der Waals surface area (Å²) in [6, 6.07) is 1.83. The van der Waals surface area contributed by atoms with Crippen LogP contribution >= 0.6 is 11.3 Å². The maximum absolute atomic E-state index is 12.0. The van der Waals surface area contributed by atoms with E-state index in [0.29, 0.717) is 10.6 Å². The molecule has 0 bridgehead atoms. The van der Waals surface area contributed by atoms with Crippen molar-refractivity contribution < 1.29 is 9.53 Å². The van der Waals surface area contributed by atoms with Crippen molar-refractivity contribution in [3.8, 4) is 5.75 Å². The van der Waals surface area contributed by atoms with Crippen LogP contribution in [0.2, 0.25) is 0 Å². The number of unbranched alkanes of at least 4 members (excludes halogenated alkanes) is 1. The summed E-state index contributed by atoms with van der Waals surface area (Å²) in [7, 11) is 1.59. The average molecular weight is 296 g/mol. The van der Waals surface area contributed by atoms with E-state index < -0.39 is 0 Å². The van der Waals surface area contributed by atoms with Crippen molar-refractivity contribution in [2.45, 2.75) is 32.1 Å². The van der Waals surface area contributed by atoms with Gasteiger partial charge in [-0.1, -0.05) is 6.42 Å². The van der Waals surface area contributed by atoms with E-state index >= 15 is 0 Å². The molecular formula is C15H24N2O2S. The molecule has 1 aromatic rings. The number of carbonyl (C=O) groups is 1. The van der Waals surface area contributed by atoms with Gasteiger partial charge in [0.25, 0.3) is 5.91 Å². The molecular weight excluding hydrogens is 272 g/mol. The molecule has 2 rings (SSSR count). The van der Waals surface area contributed by atoms with E-state index in [4.69, 9.17) is 4.74 Å². The van der Waals surface area contributed by atoms with Gasteiger partial charge < -0.3 is 15.0 Å². The monoisotopic (exact) mass is 296 g/mol. The van der Waals surface area contributed by atoms with E-state index in [-0.39, 0.29) is 5.91 Å². The van der Waals surface area contributed by atoms with Crippen LogP contribution < -0.4 is 10.1 Å². The Morgan fingerprint density at radius 1 is 1.35 bits per heavy atom. The zero-order valence-corrected chi connectivity index (χ0v) is 13.0. The Labute approximate surface area is 125 Å². The number of nitrogens with one attached hydrogen (secondary N) is 1. The number of piperidine rings is 1. The SMILES string of the molecule is COc1ccsc1C(=O)NCCCCN1CCCCC1. The number of amides is 1. The first-order valence-corrected chi connectivity index (χ1v) is 8.31. The summed E-state index contributed by atoms with van der Waals surface area (Å²) in [5.74, 6) is 0.649. The Balaban J connectivity index is 1.59. The summed E-state index contributed by atoms with van der Waals surface area (Å²) in [5, 5.41) is 4.85. The van der Waals surface area contributed by atoms with E-state index in [0.717, 1.165) is 25.9 Å². The molecule has 1 amide bonds. The van der Waals surface area contributed by atoms with Gasteiger partial charge in [0, 0.05) is 6.54 Å². The van der Waals surface area contributed by atoms with Gasteiger partial charge in [0.05, 0.1) is 7.11 Å². The molecule has 4 nitrogen and oxygen atoms in total. The van der Waals surface area contributed by atoms with Crippen LogP contribution in [0.25, 0.3) is 0 Å². The van der Waals surface area contributed by atoms with Crippen molar-refractivity contribution in [2.24, 2.45) is 0 Å². The van der Waals surface area contributed by atoms with Crippen LogP contribution in [0.3, 0.4) is 0 Å². The molecule has 0 unspecified atom stereocenters. The van der Waals surface area contributed by atoms with E-state index in [1.165, 1.54) is 43.7 Å². The van der Waals surface area contributed by atoms with E-state index in [1.54, 1.807) is 7.11 Å². The molecule has 1 saturated heterocycles. The van der Waals surface area contributed by atoms with Crippen LogP contribution in [-0.4, -0.2) is 44.1 Å². The van der Waals surface area contributed by atoms with Crippen LogP contribution in [0.1, 0.15) is 41.8 Å². The second kappa shape index (κ2) is 8.27. The lowest BCUT2D eigenvalue weighted by Crippen LogP contribution is -2.31. The van der Waals surface area contributed by atoms with Crippen LogP contribution in [0.5, 0.6) is 5.75 Å². The van der Waals surface area contributed by atoms with Gasteiger partial charge >= 0.3 is 0 Å². The largest absolute Gasteiger partial charge is 0.495 e. The van der Waals surface area contributed by atoms with Crippen LogP contribution in [0, 0.1) is 0 Å². The third kappa shape index (κ3) is 4.49. The van der Waals surface area contributed by atoms with Gasteiger partial charge in [-0.15, -0.1) is 11.3 Å². The van der Waals surface area contributed by atoms with Gasteiger partial charge in [-0.2, -0.15) is 0 Å². The number of ether oxygens (including phenoxy) is 1. The van der Waals surface area contributed by atoms with E-state index in [1.807, 2.05) is 11.4 Å². The number of nitrogens with zero attached hydrogens (tertiary/aromatic N) is 1. The fourth-order valence-corrected chi connectivity index (χ4v) is 3.32. The molecule has 0 aromatic carbocycles. The van der Waals surface area contributed by atoms with Gasteiger partial charge in [0.15, 0.2) is 0 Å². The Kier molecular flexibility index (Phi) is 6.33. The van der Waals surface area contributed by atoms with E-state index in [9.17, 15) is 4.79 Å². The zero-order valence-electron chi connectivity index (χ0n) is 12.2. The second-order valence-electron chi connectivity index (χ2n) is 5.18. The minimum absolute atomic E-state index is 0.0187. The zero-order chi connectivity index (χ0) is 14.2. The smallest absolute Gasteiger partial charge is 0.265 e. The molecule has 2 heterocycles. The summed E-state index contributed by atoms with van der Waals surface area (Å²) >= 11 is 1.42.